The third-order valence-electron chi connectivity index (χ3n) is 4.94. The van der Waals surface area contributed by atoms with Crippen molar-refractivity contribution in [2.45, 2.75) is 19.4 Å². The van der Waals surface area contributed by atoms with Crippen LogP contribution in [0.25, 0.3) is 26.5 Å². The lowest BCUT2D eigenvalue weighted by atomic mass is 10.0. The molecular formula is C19H18N6OS. The maximum Gasteiger partial charge on any atom is 0.271 e. The molecular weight excluding hydrogens is 360 g/mol. The number of hydrogen-bond donors (Lipinski definition) is 1. The minimum absolute atomic E-state index is 0.0259. The summed E-state index contributed by atoms with van der Waals surface area (Å²) in [4.78, 5) is 32.9. The van der Waals surface area contributed by atoms with Crippen LogP contribution in [0.2, 0.25) is 0 Å². The Morgan fingerprint density at radius 2 is 2.19 bits per heavy atom. The summed E-state index contributed by atoms with van der Waals surface area (Å²) in [6.07, 6.45) is 8.13. The predicted octanol–water partition coefficient (Wildman–Crippen LogP) is 2.91. The lowest BCUT2D eigenvalue weighted by Gasteiger charge is -2.18. The van der Waals surface area contributed by atoms with Crippen molar-refractivity contribution in [2.75, 3.05) is 19.0 Å². The van der Waals surface area contributed by atoms with Gasteiger partial charge in [-0.1, -0.05) is 6.08 Å². The molecule has 0 amide bonds. The van der Waals surface area contributed by atoms with Gasteiger partial charge in [0.15, 0.2) is 0 Å². The molecule has 7 nitrogen and oxygen atoms in total. The molecule has 1 aliphatic carbocycles. The van der Waals surface area contributed by atoms with Crippen molar-refractivity contribution < 1.29 is 0 Å². The maximum absolute atomic E-state index is 13.2. The number of nitrogens with zero attached hydrogens (tertiary/aromatic N) is 5. The van der Waals surface area contributed by atoms with Crippen LogP contribution >= 0.6 is 11.3 Å². The number of aryl methyl sites for hydroxylation is 1. The van der Waals surface area contributed by atoms with E-state index in [4.69, 9.17) is 0 Å². The molecule has 1 aliphatic rings. The molecule has 1 unspecified atom stereocenters. The van der Waals surface area contributed by atoms with Crippen molar-refractivity contribution in [3.63, 3.8) is 0 Å². The number of anilines is 1. The lowest BCUT2D eigenvalue weighted by Crippen LogP contribution is -2.26. The van der Waals surface area contributed by atoms with Crippen molar-refractivity contribution in [1.29, 1.82) is 0 Å². The van der Waals surface area contributed by atoms with Crippen molar-refractivity contribution >= 4 is 43.5 Å². The standard InChI is InChI=1S/C19H18N6OS/c1-10-22-12-5-4-11(8-13(12)23-10)25-9-21-16-15-14(24(2)3)6-7-20-18(15)27-17(16)19(25)26/h4-7,9,11H,8H2,1-3H3,(H,22,23). The van der Waals surface area contributed by atoms with E-state index in [-0.39, 0.29) is 11.6 Å². The van der Waals surface area contributed by atoms with E-state index in [2.05, 4.69) is 19.9 Å². The quantitative estimate of drug-likeness (QED) is 0.580. The fourth-order valence-electron chi connectivity index (χ4n) is 3.68. The highest BCUT2D eigenvalue weighted by Crippen LogP contribution is 2.35. The van der Waals surface area contributed by atoms with Crippen molar-refractivity contribution in [1.82, 2.24) is 24.5 Å². The number of thiophene rings is 1. The van der Waals surface area contributed by atoms with Gasteiger partial charge in [0.1, 0.15) is 15.4 Å². The van der Waals surface area contributed by atoms with Crippen molar-refractivity contribution in [2.24, 2.45) is 0 Å². The molecule has 0 saturated carbocycles. The van der Waals surface area contributed by atoms with E-state index in [0.29, 0.717) is 11.1 Å². The molecule has 1 N–H and O–H groups in total. The van der Waals surface area contributed by atoms with Crippen molar-refractivity contribution in [3.8, 4) is 0 Å². The van der Waals surface area contributed by atoms with Gasteiger partial charge in [-0.3, -0.25) is 9.36 Å². The summed E-state index contributed by atoms with van der Waals surface area (Å²) in [5, 5.41) is 0.942. The molecule has 0 fully saturated rings. The Bertz CT molecular complexity index is 1280. The molecule has 27 heavy (non-hydrogen) atoms. The minimum atomic E-state index is -0.0757. The van der Waals surface area contributed by atoms with Gasteiger partial charge in [-0.15, -0.1) is 11.3 Å². The first-order valence-corrected chi connectivity index (χ1v) is 9.54. The molecule has 5 rings (SSSR count). The number of imidazole rings is 1. The first-order chi connectivity index (χ1) is 13.0. The summed E-state index contributed by atoms with van der Waals surface area (Å²) in [7, 11) is 3.96. The van der Waals surface area contributed by atoms with Gasteiger partial charge < -0.3 is 9.88 Å². The highest BCUT2D eigenvalue weighted by Gasteiger charge is 2.22. The smallest absolute Gasteiger partial charge is 0.271 e. The van der Waals surface area contributed by atoms with Crippen molar-refractivity contribution in [3.05, 3.63) is 52.2 Å². The number of rotatable bonds is 2. The molecule has 0 bridgehead atoms. The number of aromatic amines is 1. The van der Waals surface area contributed by atoms with Crippen LogP contribution < -0.4 is 10.5 Å². The second-order valence-electron chi connectivity index (χ2n) is 6.96. The van der Waals surface area contributed by atoms with Gasteiger partial charge in [0.05, 0.1) is 34.7 Å². The average molecular weight is 378 g/mol. The molecule has 0 aromatic carbocycles. The number of fused-ring (bicyclic) bond motifs is 4. The van der Waals surface area contributed by atoms with Gasteiger partial charge >= 0.3 is 0 Å². The van der Waals surface area contributed by atoms with Gasteiger partial charge in [-0.2, -0.15) is 0 Å². The topological polar surface area (TPSA) is 79.7 Å². The fourth-order valence-corrected chi connectivity index (χ4v) is 4.74. The number of hydrogen-bond acceptors (Lipinski definition) is 6. The van der Waals surface area contributed by atoms with Gasteiger partial charge in [0, 0.05) is 32.4 Å². The summed E-state index contributed by atoms with van der Waals surface area (Å²) < 4.78 is 2.36. The molecule has 0 aliphatic heterocycles. The molecule has 4 heterocycles. The zero-order valence-corrected chi connectivity index (χ0v) is 16.0. The lowest BCUT2D eigenvalue weighted by molar-refractivity contribution is 0.567. The summed E-state index contributed by atoms with van der Waals surface area (Å²) >= 11 is 1.41. The maximum atomic E-state index is 13.2. The SMILES string of the molecule is Cc1nc2c([nH]1)CC(n1cnc3c(sc4nccc(N(C)C)c43)c1=O)C=C2. The van der Waals surface area contributed by atoms with Gasteiger partial charge in [0.2, 0.25) is 0 Å². The van der Waals surface area contributed by atoms with Crippen LogP contribution in [-0.2, 0) is 6.42 Å². The number of allylic oxidation sites excluding steroid dienone is 1. The van der Waals surface area contributed by atoms with Crippen LogP contribution in [0.4, 0.5) is 5.69 Å². The summed E-state index contributed by atoms with van der Waals surface area (Å²) in [5.41, 5.74) is 3.73. The molecule has 1 atom stereocenters. The van der Waals surface area contributed by atoms with E-state index < -0.39 is 0 Å². The first-order valence-electron chi connectivity index (χ1n) is 8.72. The average Bonchev–Trinajstić information content (AvgIpc) is 3.21. The van der Waals surface area contributed by atoms with Crippen LogP contribution in [0.15, 0.2) is 29.5 Å². The molecule has 0 spiro atoms. The zero-order chi connectivity index (χ0) is 18.7. The van der Waals surface area contributed by atoms with Crippen LogP contribution in [-0.4, -0.2) is 38.6 Å². The predicted molar refractivity (Wildman–Crippen MR) is 109 cm³/mol. The van der Waals surface area contributed by atoms with Gasteiger partial charge in [-0.05, 0) is 19.1 Å². The van der Waals surface area contributed by atoms with Crippen LogP contribution in [0.3, 0.4) is 0 Å². The normalized spacial score (nSPS) is 16.2. The highest BCUT2D eigenvalue weighted by molar-refractivity contribution is 7.25. The third-order valence-corrected chi connectivity index (χ3v) is 6.02. The minimum Gasteiger partial charge on any atom is -0.377 e. The van der Waals surface area contributed by atoms with Crippen LogP contribution in [0.1, 0.15) is 23.3 Å². The van der Waals surface area contributed by atoms with E-state index in [1.165, 1.54) is 11.3 Å². The Morgan fingerprint density at radius 1 is 1.33 bits per heavy atom. The summed E-state index contributed by atoms with van der Waals surface area (Å²) in [6, 6.07) is 1.88. The van der Waals surface area contributed by atoms with E-state index in [0.717, 1.165) is 38.6 Å². The number of pyridine rings is 1. The Labute approximate surface area is 159 Å². The summed E-state index contributed by atoms with van der Waals surface area (Å²) in [6.45, 7) is 1.94. The van der Waals surface area contributed by atoms with Crippen LogP contribution in [0.5, 0.6) is 0 Å². The number of aromatic nitrogens is 5. The molecule has 0 radical (unpaired) electrons. The van der Waals surface area contributed by atoms with E-state index in [9.17, 15) is 4.79 Å². The summed E-state index contributed by atoms with van der Waals surface area (Å²) in [5.74, 6) is 0.887. The van der Waals surface area contributed by atoms with E-state index in [1.807, 2.05) is 44.1 Å². The molecule has 4 aromatic heterocycles. The number of nitrogens with one attached hydrogen (secondary N) is 1. The Hall–Kier alpha value is -3.00. The molecule has 4 aromatic rings. The number of H-pyrrole nitrogens is 1. The Morgan fingerprint density at radius 3 is 3.00 bits per heavy atom. The molecule has 8 heteroatoms. The monoisotopic (exact) mass is 378 g/mol. The first kappa shape index (κ1) is 16.2. The largest absolute Gasteiger partial charge is 0.377 e. The second-order valence-corrected chi connectivity index (χ2v) is 7.96. The molecule has 136 valence electrons. The van der Waals surface area contributed by atoms with Gasteiger partial charge in [0.25, 0.3) is 5.56 Å². The van der Waals surface area contributed by atoms with E-state index >= 15 is 0 Å². The van der Waals surface area contributed by atoms with Crippen LogP contribution in [0, 0.1) is 6.92 Å². The Balaban J connectivity index is 1.68. The van der Waals surface area contributed by atoms with Gasteiger partial charge in [-0.25, -0.2) is 15.0 Å². The third kappa shape index (κ3) is 2.40. The second kappa shape index (κ2) is 5.75. The Kier molecular flexibility index (Phi) is 3.45. The van der Waals surface area contributed by atoms with E-state index in [1.54, 1.807) is 17.1 Å². The zero-order valence-electron chi connectivity index (χ0n) is 15.2. The fraction of sp³-hybridized carbons (Fsp3) is 0.263. The molecule has 0 saturated heterocycles. The highest BCUT2D eigenvalue weighted by atomic mass is 32.1.